The molecule has 1 aromatic rings. The summed E-state index contributed by atoms with van der Waals surface area (Å²) in [4.78, 5) is 22.3. The molecule has 29 heavy (non-hydrogen) atoms. The van der Waals surface area contributed by atoms with Crippen molar-refractivity contribution in [3.63, 3.8) is 0 Å². The average molecular weight is 382 g/mol. The van der Waals surface area contributed by atoms with Crippen molar-refractivity contribution in [1.29, 1.82) is 0 Å². The van der Waals surface area contributed by atoms with Crippen molar-refractivity contribution in [1.82, 2.24) is 4.90 Å². The lowest BCUT2D eigenvalue weighted by atomic mass is 9.94. The average Bonchev–Trinajstić information content (AvgIpc) is 2.74. The Kier molecular flexibility index (Phi) is 4.12. The quantitative estimate of drug-likeness (QED) is 0.788. The lowest BCUT2D eigenvalue weighted by Crippen LogP contribution is -2.40. The second-order valence-electron chi connectivity index (χ2n) is 7.66. The van der Waals surface area contributed by atoms with Crippen LogP contribution in [-0.4, -0.2) is 43.0 Å². The largest absolute Gasteiger partial charge is 0.378 e. The van der Waals surface area contributed by atoms with Crippen LogP contribution in [0.5, 0.6) is 0 Å². The van der Waals surface area contributed by atoms with Gasteiger partial charge in [-0.05, 0) is 49.6 Å². The smallest absolute Gasteiger partial charge is 0.239 e. The maximum Gasteiger partial charge on any atom is 0.239 e. The van der Waals surface area contributed by atoms with Crippen molar-refractivity contribution in [3.05, 3.63) is 71.0 Å². The standard InChI is InChI=1S/C23H22N6/c1-15-4-6-16(7-5-15)20-12-19-13-21(17-8-10-18(11-9-17)28(2)3)27-23-25-14-24-22(26-20)29(19)23/h4,6,8-14H,5,7H2,1-3H3. The molecule has 0 fully saturated rings. The van der Waals surface area contributed by atoms with E-state index in [1.165, 1.54) is 17.5 Å². The first-order valence-corrected chi connectivity index (χ1v) is 9.74. The third kappa shape index (κ3) is 3.16. The van der Waals surface area contributed by atoms with Gasteiger partial charge in [-0.2, -0.15) is 0 Å². The molecule has 0 amide bonds. The van der Waals surface area contributed by atoms with E-state index in [4.69, 9.17) is 9.98 Å². The highest BCUT2D eigenvalue weighted by molar-refractivity contribution is 6.22. The third-order valence-electron chi connectivity index (χ3n) is 5.38. The highest BCUT2D eigenvalue weighted by Gasteiger charge is 2.31. The van der Waals surface area contributed by atoms with Crippen molar-refractivity contribution in [2.75, 3.05) is 19.0 Å². The molecule has 0 aromatic heterocycles. The summed E-state index contributed by atoms with van der Waals surface area (Å²) in [6.07, 6.45) is 12.1. The van der Waals surface area contributed by atoms with Gasteiger partial charge in [0, 0.05) is 25.3 Å². The predicted octanol–water partition coefficient (Wildman–Crippen LogP) is 4.17. The molecule has 0 saturated heterocycles. The Morgan fingerprint density at radius 3 is 2.48 bits per heavy atom. The Balaban J connectivity index is 1.56. The monoisotopic (exact) mass is 382 g/mol. The molecule has 0 atom stereocenters. The van der Waals surface area contributed by atoms with Crippen molar-refractivity contribution in [2.45, 2.75) is 19.8 Å². The van der Waals surface area contributed by atoms with E-state index >= 15 is 0 Å². The maximum atomic E-state index is 4.78. The van der Waals surface area contributed by atoms with Crippen LogP contribution in [0.15, 0.2) is 85.4 Å². The lowest BCUT2D eigenvalue weighted by Gasteiger charge is -2.32. The van der Waals surface area contributed by atoms with Gasteiger partial charge in [0.05, 0.1) is 17.1 Å². The van der Waals surface area contributed by atoms with Crippen LogP contribution in [-0.2, 0) is 0 Å². The molecule has 0 N–H and O–H groups in total. The number of nitrogens with zero attached hydrogens (tertiary/aromatic N) is 6. The summed E-state index contributed by atoms with van der Waals surface area (Å²) < 4.78 is 0. The van der Waals surface area contributed by atoms with E-state index in [9.17, 15) is 0 Å². The molecule has 1 aromatic carbocycles. The lowest BCUT2D eigenvalue weighted by molar-refractivity contribution is 0.737. The zero-order valence-corrected chi connectivity index (χ0v) is 16.8. The number of guanidine groups is 2. The molecule has 0 spiro atoms. The van der Waals surface area contributed by atoms with Gasteiger partial charge in [0.15, 0.2) is 0 Å². The minimum absolute atomic E-state index is 0.603. The molecular formula is C23H22N6. The van der Waals surface area contributed by atoms with E-state index in [1.807, 2.05) is 19.0 Å². The van der Waals surface area contributed by atoms with Gasteiger partial charge in [-0.3, -0.25) is 0 Å². The van der Waals surface area contributed by atoms with E-state index in [0.29, 0.717) is 11.9 Å². The zero-order chi connectivity index (χ0) is 20.0. The molecule has 3 aliphatic heterocycles. The van der Waals surface area contributed by atoms with Crippen molar-refractivity contribution in [2.24, 2.45) is 20.0 Å². The Morgan fingerprint density at radius 2 is 1.76 bits per heavy atom. The van der Waals surface area contributed by atoms with Crippen LogP contribution in [0, 0.1) is 0 Å². The van der Waals surface area contributed by atoms with E-state index in [0.717, 1.165) is 41.2 Å². The van der Waals surface area contributed by atoms with Crippen LogP contribution in [0.25, 0.3) is 5.70 Å². The fourth-order valence-electron chi connectivity index (χ4n) is 3.65. The number of allylic oxidation sites excluding steroid dienone is 6. The summed E-state index contributed by atoms with van der Waals surface area (Å²) >= 11 is 0. The molecule has 6 nitrogen and oxygen atoms in total. The molecule has 0 saturated carbocycles. The summed E-state index contributed by atoms with van der Waals surface area (Å²) in [5, 5.41) is 0. The van der Waals surface area contributed by atoms with Crippen LogP contribution in [0.4, 0.5) is 5.69 Å². The Morgan fingerprint density at radius 1 is 0.931 bits per heavy atom. The minimum atomic E-state index is 0.603. The second-order valence-corrected chi connectivity index (χ2v) is 7.66. The Labute approximate surface area is 170 Å². The van der Waals surface area contributed by atoms with Crippen LogP contribution in [0.2, 0.25) is 0 Å². The summed E-state index contributed by atoms with van der Waals surface area (Å²) in [6.45, 7) is 2.16. The molecule has 144 valence electrons. The highest BCUT2D eigenvalue weighted by atomic mass is 15.4. The second kappa shape index (κ2) is 6.81. The molecule has 1 aliphatic carbocycles. The maximum absolute atomic E-state index is 4.78. The summed E-state index contributed by atoms with van der Waals surface area (Å²) in [6, 6.07) is 8.39. The van der Waals surface area contributed by atoms with Crippen molar-refractivity contribution < 1.29 is 0 Å². The Bertz CT molecular complexity index is 1120. The zero-order valence-electron chi connectivity index (χ0n) is 16.8. The number of aliphatic imine (C=N–C) groups is 4. The molecule has 0 radical (unpaired) electrons. The summed E-state index contributed by atoms with van der Waals surface area (Å²) in [5.41, 5.74) is 7.70. The van der Waals surface area contributed by atoms with Gasteiger partial charge in [0.1, 0.15) is 6.34 Å². The van der Waals surface area contributed by atoms with Crippen molar-refractivity contribution in [3.8, 4) is 0 Å². The molecule has 0 unspecified atom stereocenters. The van der Waals surface area contributed by atoms with Crippen LogP contribution >= 0.6 is 0 Å². The SMILES string of the molecule is CC1=CC=C(C2=NC3=NC=NC4=NC(c5ccc(N(C)C)cc5)=CC(=C2)N34)CC1. The molecule has 4 aliphatic rings. The number of rotatable bonds is 3. The van der Waals surface area contributed by atoms with Gasteiger partial charge >= 0.3 is 0 Å². The van der Waals surface area contributed by atoms with Crippen LogP contribution in [0.3, 0.4) is 0 Å². The van der Waals surface area contributed by atoms with Crippen molar-refractivity contribution >= 4 is 35.4 Å². The van der Waals surface area contributed by atoms with E-state index < -0.39 is 0 Å². The number of hydrogen-bond acceptors (Lipinski definition) is 6. The highest BCUT2D eigenvalue weighted by Crippen LogP contribution is 2.31. The van der Waals surface area contributed by atoms with Gasteiger partial charge in [-0.25, -0.2) is 24.9 Å². The molecule has 6 heteroatoms. The normalized spacial score (nSPS) is 19.8. The first-order valence-electron chi connectivity index (χ1n) is 9.74. The molecular weight excluding hydrogens is 360 g/mol. The van der Waals surface area contributed by atoms with Gasteiger partial charge < -0.3 is 4.90 Å². The molecule has 5 rings (SSSR count). The van der Waals surface area contributed by atoms with Gasteiger partial charge in [-0.1, -0.05) is 29.9 Å². The fourth-order valence-corrected chi connectivity index (χ4v) is 3.65. The first kappa shape index (κ1) is 17.6. The number of benzene rings is 1. The summed E-state index contributed by atoms with van der Waals surface area (Å²) in [7, 11) is 4.07. The number of hydrogen-bond donors (Lipinski definition) is 0. The predicted molar refractivity (Wildman–Crippen MR) is 121 cm³/mol. The topological polar surface area (TPSA) is 55.9 Å². The number of anilines is 1. The van der Waals surface area contributed by atoms with Gasteiger partial charge in [0.2, 0.25) is 11.9 Å². The first-order chi connectivity index (χ1) is 14.1. The Hall–Kier alpha value is -3.54. The summed E-state index contributed by atoms with van der Waals surface area (Å²) in [5.74, 6) is 1.23. The van der Waals surface area contributed by atoms with Gasteiger partial charge in [0.25, 0.3) is 0 Å². The van der Waals surface area contributed by atoms with Gasteiger partial charge in [-0.15, -0.1) is 0 Å². The minimum Gasteiger partial charge on any atom is -0.378 e. The van der Waals surface area contributed by atoms with Crippen LogP contribution in [0.1, 0.15) is 25.3 Å². The van der Waals surface area contributed by atoms with E-state index in [-0.39, 0.29) is 0 Å². The van der Waals surface area contributed by atoms with E-state index in [1.54, 1.807) is 0 Å². The fraction of sp³-hybridized carbons (Fsp3) is 0.217. The molecule has 0 bridgehead atoms. The third-order valence-corrected chi connectivity index (χ3v) is 5.38. The van der Waals surface area contributed by atoms with Crippen LogP contribution < -0.4 is 4.90 Å². The van der Waals surface area contributed by atoms with E-state index in [2.05, 4.69) is 70.4 Å². The molecule has 3 heterocycles.